The molecule has 0 saturated carbocycles. The van der Waals surface area contributed by atoms with E-state index in [1.165, 1.54) is 11.3 Å². The molecule has 0 bridgehead atoms. The highest BCUT2D eigenvalue weighted by Crippen LogP contribution is 2.15. The molecule has 0 aromatic carbocycles. The zero-order chi connectivity index (χ0) is 8.43. The SMILES string of the molecule is Cc1sc(CN)nc1C(N)=O. The fourth-order valence-corrected chi connectivity index (χ4v) is 1.58. The fourth-order valence-electron chi connectivity index (χ4n) is 0.767. The van der Waals surface area contributed by atoms with Crippen molar-refractivity contribution >= 4 is 17.2 Å². The molecular weight excluding hydrogens is 162 g/mol. The molecule has 0 aliphatic carbocycles. The van der Waals surface area contributed by atoms with Crippen molar-refractivity contribution in [2.45, 2.75) is 13.5 Å². The topological polar surface area (TPSA) is 82.0 Å². The third kappa shape index (κ3) is 1.55. The normalized spacial score (nSPS) is 10.0. The molecule has 0 spiro atoms. The lowest BCUT2D eigenvalue weighted by Crippen LogP contribution is -2.12. The van der Waals surface area contributed by atoms with Gasteiger partial charge in [0.2, 0.25) is 0 Å². The molecule has 1 heterocycles. The van der Waals surface area contributed by atoms with Crippen LogP contribution in [0.25, 0.3) is 0 Å². The number of thiazole rings is 1. The van der Waals surface area contributed by atoms with Crippen LogP contribution in [0.15, 0.2) is 0 Å². The van der Waals surface area contributed by atoms with Crippen LogP contribution in [0.5, 0.6) is 0 Å². The number of carbonyl (C=O) groups is 1. The summed E-state index contributed by atoms with van der Waals surface area (Å²) in [6.07, 6.45) is 0. The summed E-state index contributed by atoms with van der Waals surface area (Å²) in [5.74, 6) is -0.488. The van der Waals surface area contributed by atoms with E-state index in [0.29, 0.717) is 12.2 Å². The first-order valence-corrected chi connectivity index (χ1v) is 3.93. The van der Waals surface area contributed by atoms with Gasteiger partial charge in [-0.25, -0.2) is 4.98 Å². The van der Waals surface area contributed by atoms with Crippen LogP contribution in [0.3, 0.4) is 0 Å². The van der Waals surface area contributed by atoms with Gasteiger partial charge in [-0.1, -0.05) is 0 Å². The number of amides is 1. The Balaban J connectivity index is 3.07. The molecule has 1 rings (SSSR count). The molecule has 1 aromatic rings. The Morgan fingerprint density at radius 2 is 2.36 bits per heavy atom. The Morgan fingerprint density at radius 1 is 1.73 bits per heavy atom. The molecule has 60 valence electrons. The van der Waals surface area contributed by atoms with Crippen molar-refractivity contribution in [3.8, 4) is 0 Å². The van der Waals surface area contributed by atoms with E-state index >= 15 is 0 Å². The standard InChI is InChI=1S/C6H9N3OS/c1-3-5(6(8)10)9-4(2-7)11-3/h2,7H2,1H3,(H2,8,10). The summed E-state index contributed by atoms with van der Waals surface area (Å²) >= 11 is 1.41. The van der Waals surface area contributed by atoms with E-state index in [0.717, 1.165) is 9.88 Å². The molecule has 0 saturated heterocycles. The molecule has 0 fully saturated rings. The van der Waals surface area contributed by atoms with Crippen molar-refractivity contribution in [2.24, 2.45) is 11.5 Å². The molecule has 0 radical (unpaired) electrons. The first-order valence-electron chi connectivity index (χ1n) is 3.11. The smallest absolute Gasteiger partial charge is 0.268 e. The number of hydrogen-bond acceptors (Lipinski definition) is 4. The quantitative estimate of drug-likeness (QED) is 0.657. The Bertz CT molecular complexity index is 281. The fraction of sp³-hybridized carbons (Fsp3) is 0.333. The maximum absolute atomic E-state index is 10.7. The van der Waals surface area contributed by atoms with Crippen LogP contribution < -0.4 is 11.5 Å². The van der Waals surface area contributed by atoms with Crippen LogP contribution in [0, 0.1) is 6.92 Å². The zero-order valence-electron chi connectivity index (χ0n) is 6.13. The number of nitrogens with two attached hydrogens (primary N) is 2. The van der Waals surface area contributed by atoms with Crippen molar-refractivity contribution in [2.75, 3.05) is 0 Å². The first-order chi connectivity index (χ1) is 5.15. The van der Waals surface area contributed by atoms with Crippen molar-refractivity contribution in [1.29, 1.82) is 0 Å². The molecule has 4 N–H and O–H groups in total. The number of carbonyl (C=O) groups excluding carboxylic acids is 1. The molecular formula is C6H9N3OS. The van der Waals surface area contributed by atoms with Crippen molar-refractivity contribution in [1.82, 2.24) is 4.98 Å². The molecule has 5 heteroatoms. The summed E-state index contributed by atoms with van der Waals surface area (Å²) in [5, 5.41) is 0.747. The van der Waals surface area contributed by atoms with Gasteiger partial charge in [-0.2, -0.15) is 0 Å². The van der Waals surface area contributed by atoms with E-state index in [4.69, 9.17) is 11.5 Å². The predicted octanol–water partition coefficient (Wildman–Crippen LogP) is 0.00912. The maximum Gasteiger partial charge on any atom is 0.268 e. The maximum atomic E-state index is 10.7. The number of aryl methyl sites for hydroxylation is 1. The van der Waals surface area contributed by atoms with Gasteiger partial charge in [0, 0.05) is 11.4 Å². The van der Waals surface area contributed by atoms with Gasteiger partial charge in [0.15, 0.2) is 0 Å². The first kappa shape index (κ1) is 8.16. The average Bonchev–Trinajstić information content (AvgIpc) is 2.30. The summed E-state index contributed by atoms with van der Waals surface area (Å²) < 4.78 is 0. The van der Waals surface area contributed by atoms with Crippen molar-refractivity contribution in [3.05, 3.63) is 15.6 Å². The monoisotopic (exact) mass is 171 g/mol. The molecule has 4 nitrogen and oxygen atoms in total. The third-order valence-electron chi connectivity index (χ3n) is 1.25. The van der Waals surface area contributed by atoms with Crippen LogP contribution >= 0.6 is 11.3 Å². The van der Waals surface area contributed by atoms with Gasteiger partial charge in [0.25, 0.3) is 5.91 Å². The molecule has 11 heavy (non-hydrogen) atoms. The minimum Gasteiger partial charge on any atom is -0.364 e. The highest BCUT2D eigenvalue weighted by atomic mass is 32.1. The minimum absolute atomic E-state index is 0.343. The van der Waals surface area contributed by atoms with Gasteiger partial charge in [0.05, 0.1) is 0 Å². The summed E-state index contributed by atoms with van der Waals surface area (Å²) in [5.41, 5.74) is 10.7. The summed E-state index contributed by atoms with van der Waals surface area (Å²) in [6.45, 7) is 2.16. The third-order valence-corrected chi connectivity index (χ3v) is 2.24. The summed E-state index contributed by atoms with van der Waals surface area (Å²) in [7, 11) is 0. The Morgan fingerprint density at radius 3 is 2.64 bits per heavy atom. The van der Waals surface area contributed by atoms with Gasteiger partial charge < -0.3 is 11.5 Å². The lowest BCUT2D eigenvalue weighted by molar-refractivity contribution is 0.0995. The van der Waals surface area contributed by atoms with E-state index < -0.39 is 5.91 Å². The molecule has 0 aliphatic rings. The average molecular weight is 171 g/mol. The highest BCUT2D eigenvalue weighted by Gasteiger charge is 2.10. The lowest BCUT2D eigenvalue weighted by atomic mass is 10.4. The van der Waals surface area contributed by atoms with Crippen molar-refractivity contribution in [3.63, 3.8) is 0 Å². The molecule has 0 aliphatic heterocycles. The second-order valence-corrected chi connectivity index (χ2v) is 3.37. The number of rotatable bonds is 2. The molecule has 0 unspecified atom stereocenters. The van der Waals surface area contributed by atoms with E-state index in [1.807, 2.05) is 0 Å². The van der Waals surface area contributed by atoms with E-state index in [2.05, 4.69) is 4.98 Å². The van der Waals surface area contributed by atoms with Gasteiger partial charge in [-0.15, -0.1) is 11.3 Å². The number of aromatic nitrogens is 1. The number of nitrogens with zero attached hydrogens (tertiary/aromatic N) is 1. The number of hydrogen-bond donors (Lipinski definition) is 2. The molecule has 1 amide bonds. The Kier molecular flexibility index (Phi) is 2.21. The van der Waals surface area contributed by atoms with Gasteiger partial charge in [-0.3, -0.25) is 4.79 Å². The predicted molar refractivity (Wildman–Crippen MR) is 43.3 cm³/mol. The van der Waals surface area contributed by atoms with Gasteiger partial charge >= 0.3 is 0 Å². The lowest BCUT2D eigenvalue weighted by Gasteiger charge is -1.86. The van der Waals surface area contributed by atoms with Crippen LogP contribution in [-0.2, 0) is 6.54 Å². The van der Waals surface area contributed by atoms with Crippen LogP contribution in [0.1, 0.15) is 20.4 Å². The largest absolute Gasteiger partial charge is 0.364 e. The Hall–Kier alpha value is -0.940. The minimum atomic E-state index is -0.488. The second-order valence-electron chi connectivity index (χ2n) is 2.08. The summed E-state index contributed by atoms with van der Waals surface area (Å²) in [6, 6.07) is 0. The van der Waals surface area contributed by atoms with E-state index in [-0.39, 0.29) is 0 Å². The van der Waals surface area contributed by atoms with E-state index in [9.17, 15) is 4.79 Å². The van der Waals surface area contributed by atoms with Gasteiger partial charge in [-0.05, 0) is 6.92 Å². The van der Waals surface area contributed by atoms with E-state index in [1.54, 1.807) is 6.92 Å². The van der Waals surface area contributed by atoms with Gasteiger partial charge in [0.1, 0.15) is 10.7 Å². The van der Waals surface area contributed by atoms with Crippen molar-refractivity contribution < 1.29 is 4.79 Å². The molecule has 1 aromatic heterocycles. The van der Waals surface area contributed by atoms with Crippen LogP contribution in [0.4, 0.5) is 0 Å². The van der Waals surface area contributed by atoms with Crippen LogP contribution in [-0.4, -0.2) is 10.9 Å². The number of primary amides is 1. The summed E-state index contributed by atoms with van der Waals surface area (Å²) in [4.78, 5) is 15.5. The van der Waals surface area contributed by atoms with Crippen LogP contribution in [0.2, 0.25) is 0 Å². The Labute approximate surface area is 68.2 Å². The molecule has 0 atom stereocenters. The zero-order valence-corrected chi connectivity index (χ0v) is 6.94. The highest BCUT2D eigenvalue weighted by molar-refractivity contribution is 7.11. The second kappa shape index (κ2) is 2.98.